The van der Waals surface area contributed by atoms with Gasteiger partial charge in [-0.25, -0.2) is 9.59 Å². The molecule has 1 fully saturated rings. The monoisotopic (exact) mass is 306 g/mol. The molecule has 7 nitrogen and oxygen atoms in total. The molecule has 1 aliphatic heterocycles. The Labute approximate surface area is 128 Å². The number of esters is 1. The number of hydrogen-bond donors (Lipinski definition) is 1. The van der Waals surface area contributed by atoms with Crippen molar-refractivity contribution in [1.82, 2.24) is 10.2 Å². The first kappa shape index (κ1) is 15.8. The van der Waals surface area contributed by atoms with Gasteiger partial charge >= 0.3 is 12.1 Å². The number of benzene rings is 1. The third-order valence-corrected chi connectivity index (χ3v) is 3.27. The molecular weight excluding hydrogens is 288 g/mol. The number of hydrogen-bond acceptors (Lipinski definition) is 5. The van der Waals surface area contributed by atoms with Gasteiger partial charge in [0, 0.05) is 19.5 Å². The van der Waals surface area contributed by atoms with Crippen molar-refractivity contribution < 1.29 is 23.9 Å². The zero-order valence-corrected chi connectivity index (χ0v) is 12.3. The molecule has 22 heavy (non-hydrogen) atoms. The maximum atomic E-state index is 12.1. The molecule has 0 unspecified atom stereocenters. The first-order valence-electron chi connectivity index (χ1n) is 6.94. The van der Waals surface area contributed by atoms with E-state index in [-0.39, 0.29) is 18.9 Å². The molecule has 118 valence electrons. The summed E-state index contributed by atoms with van der Waals surface area (Å²) in [6, 6.07) is 9.19. The lowest BCUT2D eigenvalue weighted by atomic mass is 10.1. The van der Waals surface area contributed by atoms with Gasteiger partial charge in [0.25, 0.3) is 0 Å². The minimum atomic E-state index is -1.04. The Bertz CT molecular complexity index is 546. The molecule has 1 saturated heterocycles. The highest BCUT2D eigenvalue weighted by molar-refractivity contribution is 5.84. The number of ether oxygens (including phenoxy) is 2. The van der Waals surface area contributed by atoms with E-state index in [0.29, 0.717) is 13.1 Å². The Kier molecular flexibility index (Phi) is 5.35. The fourth-order valence-corrected chi connectivity index (χ4v) is 2.12. The second-order valence-corrected chi connectivity index (χ2v) is 4.86. The van der Waals surface area contributed by atoms with Gasteiger partial charge in [0.2, 0.25) is 12.0 Å². The molecular formula is C15H18N2O5. The zero-order valence-electron chi connectivity index (χ0n) is 12.3. The van der Waals surface area contributed by atoms with Crippen LogP contribution in [0.25, 0.3) is 0 Å². The summed E-state index contributed by atoms with van der Waals surface area (Å²) in [6.45, 7) is 0.650. The minimum absolute atomic E-state index is 0.0714. The van der Waals surface area contributed by atoms with Gasteiger partial charge in [0.1, 0.15) is 6.54 Å². The summed E-state index contributed by atoms with van der Waals surface area (Å²) in [5.41, 5.74) is 0.849. The van der Waals surface area contributed by atoms with Gasteiger partial charge in [-0.1, -0.05) is 30.3 Å². The van der Waals surface area contributed by atoms with Crippen molar-refractivity contribution in [2.75, 3.05) is 26.7 Å². The molecule has 2 amide bonds. The summed E-state index contributed by atoms with van der Waals surface area (Å²) in [4.78, 5) is 36.4. The topological polar surface area (TPSA) is 84.9 Å². The molecule has 0 saturated carbocycles. The van der Waals surface area contributed by atoms with E-state index >= 15 is 0 Å². The first-order chi connectivity index (χ1) is 10.6. The summed E-state index contributed by atoms with van der Waals surface area (Å²) in [5.74, 6) is -0.875. The van der Waals surface area contributed by atoms with Crippen molar-refractivity contribution in [1.29, 1.82) is 0 Å². The number of piperazine rings is 1. The number of methoxy groups -OCH3 is 1. The summed E-state index contributed by atoms with van der Waals surface area (Å²) in [6.07, 6.45) is -1.51. The SMILES string of the molecule is COC(=O)[C@H](Cc1ccccc1)OC(=O)N1CCNC(=O)C1. The summed E-state index contributed by atoms with van der Waals surface area (Å²) in [5, 5.41) is 2.61. The summed E-state index contributed by atoms with van der Waals surface area (Å²) < 4.78 is 9.91. The minimum Gasteiger partial charge on any atom is -0.466 e. The molecule has 0 bridgehead atoms. The Morgan fingerprint density at radius 2 is 2.05 bits per heavy atom. The predicted molar refractivity (Wildman–Crippen MR) is 77.0 cm³/mol. The van der Waals surface area contributed by atoms with Crippen LogP contribution in [0.1, 0.15) is 5.56 Å². The Morgan fingerprint density at radius 3 is 2.68 bits per heavy atom. The summed E-state index contributed by atoms with van der Waals surface area (Å²) in [7, 11) is 1.24. The molecule has 1 N–H and O–H groups in total. The number of nitrogens with one attached hydrogen (secondary N) is 1. The van der Waals surface area contributed by atoms with Crippen LogP contribution >= 0.6 is 0 Å². The maximum absolute atomic E-state index is 12.1. The van der Waals surface area contributed by atoms with Crippen LogP contribution in [-0.4, -0.2) is 55.7 Å². The van der Waals surface area contributed by atoms with Gasteiger partial charge in [0.05, 0.1) is 7.11 Å². The van der Waals surface area contributed by atoms with E-state index in [1.165, 1.54) is 12.0 Å². The van der Waals surface area contributed by atoms with Crippen LogP contribution in [0.5, 0.6) is 0 Å². The maximum Gasteiger partial charge on any atom is 0.411 e. The Balaban J connectivity index is 2.01. The number of amides is 2. The average Bonchev–Trinajstić information content (AvgIpc) is 2.54. The molecule has 7 heteroatoms. The van der Waals surface area contributed by atoms with Crippen molar-refractivity contribution >= 4 is 18.0 Å². The Hall–Kier alpha value is -2.57. The second kappa shape index (κ2) is 7.44. The van der Waals surface area contributed by atoms with Crippen LogP contribution in [0.15, 0.2) is 30.3 Å². The molecule has 0 aliphatic carbocycles. The second-order valence-electron chi connectivity index (χ2n) is 4.86. The lowest BCUT2D eigenvalue weighted by Gasteiger charge is -2.27. The van der Waals surface area contributed by atoms with E-state index in [0.717, 1.165) is 5.56 Å². The van der Waals surface area contributed by atoms with E-state index in [2.05, 4.69) is 10.1 Å². The van der Waals surface area contributed by atoms with Crippen LogP contribution in [0.2, 0.25) is 0 Å². The molecule has 1 aromatic rings. The van der Waals surface area contributed by atoms with Crippen molar-refractivity contribution in [2.24, 2.45) is 0 Å². The number of carbonyl (C=O) groups is 3. The van der Waals surface area contributed by atoms with Gasteiger partial charge in [-0.05, 0) is 5.56 Å². The van der Waals surface area contributed by atoms with Gasteiger partial charge in [-0.2, -0.15) is 0 Å². The third-order valence-electron chi connectivity index (χ3n) is 3.27. The smallest absolute Gasteiger partial charge is 0.411 e. The first-order valence-corrected chi connectivity index (χ1v) is 6.94. The highest BCUT2D eigenvalue weighted by Crippen LogP contribution is 2.10. The zero-order chi connectivity index (χ0) is 15.9. The lowest BCUT2D eigenvalue weighted by Crippen LogP contribution is -2.51. The van der Waals surface area contributed by atoms with Crippen LogP contribution in [0, 0.1) is 0 Å². The quantitative estimate of drug-likeness (QED) is 0.811. The van der Waals surface area contributed by atoms with Crippen molar-refractivity contribution in [2.45, 2.75) is 12.5 Å². The molecule has 1 heterocycles. The van der Waals surface area contributed by atoms with Crippen molar-refractivity contribution in [3.05, 3.63) is 35.9 Å². The fourth-order valence-electron chi connectivity index (χ4n) is 2.12. The number of carbonyl (C=O) groups excluding carboxylic acids is 3. The average molecular weight is 306 g/mol. The van der Waals surface area contributed by atoms with E-state index < -0.39 is 18.2 Å². The van der Waals surface area contributed by atoms with Gasteiger partial charge in [-0.3, -0.25) is 9.69 Å². The van der Waals surface area contributed by atoms with Crippen LogP contribution < -0.4 is 5.32 Å². The molecule has 1 aliphatic rings. The van der Waals surface area contributed by atoms with Crippen LogP contribution in [-0.2, 0) is 25.5 Å². The van der Waals surface area contributed by atoms with Gasteiger partial charge in [-0.15, -0.1) is 0 Å². The van der Waals surface area contributed by atoms with E-state index in [9.17, 15) is 14.4 Å². The molecule has 0 spiro atoms. The van der Waals surface area contributed by atoms with E-state index in [1.807, 2.05) is 30.3 Å². The molecule has 1 aromatic carbocycles. The third kappa shape index (κ3) is 4.21. The standard InChI is InChI=1S/C15H18N2O5/c1-21-14(19)12(9-11-5-3-2-4-6-11)22-15(20)17-8-7-16-13(18)10-17/h2-6,12H,7-10H2,1H3,(H,16,18)/t12-/m0/s1. The van der Waals surface area contributed by atoms with E-state index in [1.54, 1.807) is 0 Å². The largest absolute Gasteiger partial charge is 0.466 e. The van der Waals surface area contributed by atoms with Crippen molar-refractivity contribution in [3.8, 4) is 0 Å². The summed E-state index contributed by atoms with van der Waals surface area (Å²) >= 11 is 0. The van der Waals surface area contributed by atoms with E-state index in [4.69, 9.17) is 4.74 Å². The predicted octanol–water partition coefficient (Wildman–Crippen LogP) is 0.339. The molecule has 2 rings (SSSR count). The lowest BCUT2D eigenvalue weighted by molar-refractivity contribution is -0.151. The van der Waals surface area contributed by atoms with Crippen LogP contribution in [0.3, 0.4) is 0 Å². The molecule has 1 atom stereocenters. The highest BCUT2D eigenvalue weighted by Gasteiger charge is 2.29. The Morgan fingerprint density at radius 1 is 1.32 bits per heavy atom. The molecule has 0 radical (unpaired) electrons. The number of rotatable bonds is 4. The fraction of sp³-hybridized carbons (Fsp3) is 0.400. The molecule has 0 aromatic heterocycles. The van der Waals surface area contributed by atoms with Crippen LogP contribution in [0.4, 0.5) is 4.79 Å². The van der Waals surface area contributed by atoms with Crippen molar-refractivity contribution in [3.63, 3.8) is 0 Å². The van der Waals surface area contributed by atoms with Gasteiger partial charge in [0.15, 0.2) is 0 Å². The highest BCUT2D eigenvalue weighted by atomic mass is 16.6. The van der Waals surface area contributed by atoms with Gasteiger partial charge < -0.3 is 14.8 Å². The normalized spacial score (nSPS) is 15.7. The number of nitrogens with zero attached hydrogens (tertiary/aromatic N) is 1.